The Bertz CT molecular complexity index is 1280. The van der Waals surface area contributed by atoms with Crippen molar-refractivity contribution in [3.05, 3.63) is 52.5 Å². The van der Waals surface area contributed by atoms with Crippen LogP contribution in [-0.4, -0.2) is 61.1 Å². The van der Waals surface area contributed by atoms with E-state index < -0.39 is 5.41 Å². The summed E-state index contributed by atoms with van der Waals surface area (Å²) in [7, 11) is 0. The molecule has 3 heterocycles. The molecule has 0 atom stereocenters. The summed E-state index contributed by atoms with van der Waals surface area (Å²) in [5, 5.41) is 3.69. The number of fused-ring (bicyclic) bond motifs is 3. The highest BCUT2D eigenvalue weighted by atomic mass is 35.5. The number of rotatable bonds is 6. The molecular formula is C29H32ClN3O5. The van der Waals surface area contributed by atoms with Crippen LogP contribution < -0.4 is 15.0 Å². The number of nitrogens with zero attached hydrogens (tertiary/aromatic N) is 2. The van der Waals surface area contributed by atoms with Gasteiger partial charge in [0.05, 0.1) is 5.41 Å². The SMILES string of the molecule is CC(=O)O[C@H]1C[C@H](N2C(=O)CCc3cc(OCCN4CCC5(CC4)C(=O)Nc4ccc(Cl)cc45)ccc32)C1. The summed E-state index contributed by atoms with van der Waals surface area (Å²) < 4.78 is 11.4. The van der Waals surface area contributed by atoms with Gasteiger partial charge in [0.2, 0.25) is 11.8 Å². The van der Waals surface area contributed by atoms with E-state index in [2.05, 4.69) is 10.2 Å². The number of anilines is 2. The van der Waals surface area contributed by atoms with Crippen molar-refractivity contribution < 1.29 is 23.9 Å². The first kappa shape index (κ1) is 25.2. The molecule has 6 rings (SSSR count). The third-order valence-corrected chi connectivity index (χ3v) is 8.76. The van der Waals surface area contributed by atoms with E-state index in [1.807, 2.05) is 41.3 Å². The Balaban J connectivity index is 1.03. The van der Waals surface area contributed by atoms with Crippen molar-refractivity contribution in [1.82, 2.24) is 4.90 Å². The maximum atomic E-state index is 12.9. The number of likely N-dealkylation sites (tertiary alicyclic amines) is 1. The van der Waals surface area contributed by atoms with E-state index in [0.717, 1.165) is 60.7 Å². The maximum absolute atomic E-state index is 12.9. The van der Waals surface area contributed by atoms with Crippen LogP contribution in [0.2, 0.25) is 5.02 Å². The lowest BCUT2D eigenvalue weighted by Gasteiger charge is -2.44. The molecule has 2 amide bonds. The predicted octanol–water partition coefficient (Wildman–Crippen LogP) is 4.08. The molecule has 1 saturated heterocycles. The number of hydrogen-bond acceptors (Lipinski definition) is 6. The minimum atomic E-state index is -0.488. The molecule has 1 saturated carbocycles. The molecule has 38 heavy (non-hydrogen) atoms. The summed E-state index contributed by atoms with van der Waals surface area (Å²) in [6.07, 6.45) is 3.95. The second-order valence-electron chi connectivity index (χ2n) is 10.8. The highest BCUT2D eigenvalue weighted by Gasteiger charge is 2.48. The molecule has 1 spiro atoms. The second-order valence-corrected chi connectivity index (χ2v) is 11.3. The molecule has 0 aromatic heterocycles. The van der Waals surface area contributed by atoms with Gasteiger partial charge < -0.3 is 19.7 Å². The number of aryl methyl sites for hydroxylation is 1. The standard InChI is InChI=1S/C29H32ClN3O5/c1-18(34)38-23-16-21(17-23)33-26-6-4-22(14-19(26)2-7-27(33)35)37-13-12-32-10-8-29(9-11-32)24-15-20(30)3-5-25(24)31-28(29)36/h3-6,14-15,21,23H,2,7-13,16-17H2,1H3,(H,31,36)/t21-,23-. The molecule has 1 N–H and O–H groups in total. The van der Waals surface area contributed by atoms with Gasteiger partial charge in [-0.1, -0.05) is 11.6 Å². The molecule has 8 nitrogen and oxygen atoms in total. The van der Waals surface area contributed by atoms with Gasteiger partial charge in [-0.25, -0.2) is 0 Å². The normalized spacial score (nSPS) is 23.9. The molecule has 200 valence electrons. The molecule has 3 aliphatic heterocycles. The van der Waals surface area contributed by atoms with Crippen LogP contribution in [0.1, 0.15) is 50.2 Å². The molecule has 1 aliphatic carbocycles. The smallest absolute Gasteiger partial charge is 0.302 e. The molecule has 2 aromatic rings. The summed E-state index contributed by atoms with van der Waals surface area (Å²) in [6.45, 7) is 4.39. The number of halogens is 1. The Kier molecular flexibility index (Phi) is 6.56. The summed E-state index contributed by atoms with van der Waals surface area (Å²) in [5.74, 6) is 0.734. The molecule has 2 aromatic carbocycles. The van der Waals surface area contributed by atoms with Crippen LogP contribution in [0.4, 0.5) is 11.4 Å². The van der Waals surface area contributed by atoms with Crippen LogP contribution >= 0.6 is 11.6 Å². The van der Waals surface area contributed by atoms with E-state index in [1.165, 1.54) is 6.92 Å². The van der Waals surface area contributed by atoms with Gasteiger partial charge in [0, 0.05) is 55.2 Å². The average Bonchev–Trinajstić information content (AvgIpc) is 3.13. The van der Waals surface area contributed by atoms with Crippen molar-refractivity contribution >= 4 is 40.8 Å². The minimum Gasteiger partial charge on any atom is -0.492 e. The van der Waals surface area contributed by atoms with Crippen molar-refractivity contribution in [3.8, 4) is 5.75 Å². The number of ether oxygens (including phenoxy) is 2. The number of carbonyl (C=O) groups is 3. The van der Waals surface area contributed by atoms with E-state index in [1.54, 1.807) is 0 Å². The van der Waals surface area contributed by atoms with E-state index >= 15 is 0 Å². The van der Waals surface area contributed by atoms with Gasteiger partial charge in [-0.3, -0.25) is 19.3 Å². The Morgan fingerprint density at radius 1 is 1.11 bits per heavy atom. The van der Waals surface area contributed by atoms with Gasteiger partial charge in [-0.2, -0.15) is 0 Å². The molecule has 2 fully saturated rings. The highest BCUT2D eigenvalue weighted by Crippen LogP contribution is 2.46. The largest absolute Gasteiger partial charge is 0.492 e. The lowest BCUT2D eigenvalue weighted by molar-refractivity contribution is -0.151. The fourth-order valence-corrected chi connectivity index (χ4v) is 6.57. The lowest BCUT2D eigenvalue weighted by Crippen LogP contribution is -2.52. The Morgan fingerprint density at radius 2 is 1.89 bits per heavy atom. The summed E-state index contributed by atoms with van der Waals surface area (Å²) in [5.41, 5.74) is 3.47. The zero-order valence-corrected chi connectivity index (χ0v) is 22.3. The van der Waals surface area contributed by atoms with Crippen LogP contribution in [0, 0.1) is 0 Å². The fourth-order valence-electron chi connectivity index (χ4n) is 6.40. The molecule has 4 aliphatic rings. The number of esters is 1. The van der Waals surface area contributed by atoms with Crippen LogP contribution in [-0.2, 0) is 31.0 Å². The monoisotopic (exact) mass is 537 g/mol. The molecule has 0 radical (unpaired) electrons. The molecular weight excluding hydrogens is 506 g/mol. The third-order valence-electron chi connectivity index (χ3n) is 8.52. The number of piperidine rings is 1. The Hall–Kier alpha value is -3.10. The number of carbonyl (C=O) groups excluding carboxylic acids is 3. The lowest BCUT2D eigenvalue weighted by atomic mass is 9.73. The van der Waals surface area contributed by atoms with E-state index in [0.29, 0.717) is 37.3 Å². The number of hydrogen-bond donors (Lipinski definition) is 1. The molecule has 0 bridgehead atoms. The van der Waals surface area contributed by atoms with E-state index in [-0.39, 0.29) is 29.9 Å². The number of amides is 2. The number of nitrogens with one attached hydrogen (secondary N) is 1. The van der Waals surface area contributed by atoms with Crippen LogP contribution in [0.5, 0.6) is 5.75 Å². The molecule has 0 unspecified atom stereocenters. The van der Waals surface area contributed by atoms with Gasteiger partial charge in [0.15, 0.2) is 0 Å². The van der Waals surface area contributed by atoms with Gasteiger partial charge in [-0.05, 0) is 79.9 Å². The van der Waals surface area contributed by atoms with Crippen molar-refractivity contribution in [2.24, 2.45) is 0 Å². The van der Waals surface area contributed by atoms with Gasteiger partial charge in [-0.15, -0.1) is 0 Å². The van der Waals surface area contributed by atoms with Crippen LogP contribution in [0.3, 0.4) is 0 Å². The summed E-state index contributed by atoms with van der Waals surface area (Å²) in [4.78, 5) is 41.0. The third kappa shape index (κ3) is 4.54. The summed E-state index contributed by atoms with van der Waals surface area (Å²) in [6, 6.07) is 11.7. The highest BCUT2D eigenvalue weighted by molar-refractivity contribution is 6.31. The zero-order valence-electron chi connectivity index (χ0n) is 21.5. The van der Waals surface area contributed by atoms with Gasteiger partial charge >= 0.3 is 5.97 Å². The van der Waals surface area contributed by atoms with Crippen molar-refractivity contribution in [3.63, 3.8) is 0 Å². The maximum Gasteiger partial charge on any atom is 0.302 e. The summed E-state index contributed by atoms with van der Waals surface area (Å²) >= 11 is 6.23. The van der Waals surface area contributed by atoms with E-state index in [9.17, 15) is 14.4 Å². The van der Waals surface area contributed by atoms with Gasteiger partial charge in [0.25, 0.3) is 0 Å². The Labute approximate surface area is 227 Å². The van der Waals surface area contributed by atoms with Crippen LogP contribution in [0.25, 0.3) is 0 Å². The first-order chi connectivity index (χ1) is 18.3. The fraction of sp³-hybridized carbons (Fsp3) is 0.483. The number of benzene rings is 2. The second kappa shape index (κ2) is 9.89. The first-order valence-corrected chi connectivity index (χ1v) is 13.8. The Morgan fingerprint density at radius 3 is 2.66 bits per heavy atom. The van der Waals surface area contributed by atoms with Crippen molar-refractivity contribution in [2.75, 3.05) is 36.5 Å². The minimum absolute atomic E-state index is 0.0741. The van der Waals surface area contributed by atoms with Crippen molar-refractivity contribution in [2.45, 2.75) is 63.0 Å². The first-order valence-electron chi connectivity index (χ1n) is 13.4. The van der Waals surface area contributed by atoms with Crippen molar-refractivity contribution in [1.29, 1.82) is 0 Å². The van der Waals surface area contributed by atoms with Crippen LogP contribution in [0.15, 0.2) is 36.4 Å². The quantitative estimate of drug-likeness (QED) is 0.559. The van der Waals surface area contributed by atoms with E-state index in [4.69, 9.17) is 21.1 Å². The molecule has 9 heteroatoms. The van der Waals surface area contributed by atoms with Gasteiger partial charge in [0.1, 0.15) is 18.5 Å². The topological polar surface area (TPSA) is 88.2 Å². The average molecular weight is 538 g/mol. The zero-order chi connectivity index (χ0) is 26.4. The predicted molar refractivity (Wildman–Crippen MR) is 144 cm³/mol.